The number of carbonyl (C=O) groups excluding carboxylic acids is 1. The van der Waals surface area contributed by atoms with Crippen LogP contribution in [-0.4, -0.2) is 20.7 Å². The lowest BCUT2D eigenvalue weighted by Crippen LogP contribution is -2.25. The maximum absolute atomic E-state index is 12.3. The van der Waals surface area contributed by atoms with Crippen molar-refractivity contribution in [2.24, 2.45) is 12.9 Å². The Morgan fingerprint density at radius 1 is 1.38 bits per heavy atom. The number of amides is 1. The first kappa shape index (κ1) is 15.0. The Morgan fingerprint density at radius 3 is 2.67 bits per heavy atom. The van der Waals surface area contributed by atoms with Crippen molar-refractivity contribution in [2.45, 2.75) is 27.3 Å². The SMILES string of the molecule is Cc1cc(NN)c(C(=O)NCc2c(C)nn(C)c2C)cn1. The predicted molar refractivity (Wildman–Crippen MR) is 80.6 cm³/mol. The fraction of sp³-hybridized carbons (Fsp3) is 0.357. The van der Waals surface area contributed by atoms with Crippen LogP contribution in [0.5, 0.6) is 0 Å². The summed E-state index contributed by atoms with van der Waals surface area (Å²) in [6.45, 7) is 6.16. The fourth-order valence-electron chi connectivity index (χ4n) is 2.20. The summed E-state index contributed by atoms with van der Waals surface area (Å²) < 4.78 is 1.80. The van der Waals surface area contributed by atoms with Crippen molar-refractivity contribution in [1.82, 2.24) is 20.1 Å². The van der Waals surface area contributed by atoms with Crippen LogP contribution in [0, 0.1) is 20.8 Å². The van der Waals surface area contributed by atoms with E-state index in [0.29, 0.717) is 17.8 Å². The number of aromatic nitrogens is 3. The van der Waals surface area contributed by atoms with Gasteiger partial charge < -0.3 is 10.7 Å². The van der Waals surface area contributed by atoms with Crippen LogP contribution in [0.25, 0.3) is 0 Å². The van der Waals surface area contributed by atoms with Gasteiger partial charge in [0.1, 0.15) is 0 Å². The maximum atomic E-state index is 12.3. The first-order valence-electron chi connectivity index (χ1n) is 6.64. The molecule has 2 rings (SSSR count). The minimum atomic E-state index is -0.224. The van der Waals surface area contributed by atoms with Crippen molar-refractivity contribution in [3.05, 3.63) is 40.5 Å². The van der Waals surface area contributed by atoms with E-state index in [2.05, 4.69) is 20.8 Å². The number of aryl methyl sites for hydroxylation is 3. The van der Waals surface area contributed by atoms with Gasteiger partial charge in [-0.3, -0.25) is 20.3 Å². The monoisotopic (exact) mass is 288 g/mol. The highest BCUT2D eigenvalue weighted by Crippen LogP contribution is 2.15. The average Bonchev–Trinajstić information content (AvgIpc) is 2.69. The number of nitrogens with two attached hydrogens (primary N) is 1. The van der Waals surface area contributed by atoms with Gasteiger partial charge in [0.2, 0.25) is 0 Å². The summed E-state index contributed by atoms with van der Waals surface area (Å²) in [4.78, 5) is 16.4. The van der Waals surface area contributed by atoms with Gasteiger partial charge in [0.25, 0.3) is 5.91 Å². The molecule has 0 saturated heterocycles. The number of hydrogen-bond acceptors (Lipinski definition) is 5. The van der Waals surface area contributed by atoms with Gasteiger partial charge in [-0.1, -0.05) is 0 Å². The number of hydrogen-bond donors (Lipinski definition) is 3. The Kier molecular flexibility index (Phi) is 4.23. The molecule has 0 spiro atoms. The number of hydrazine groups is 1. The fourth-order valence-corrected chi connectivity index (χ4v) is 2.20. The summed E-state index contributed by atoms with van der Waals surface area (Å²) in [6.07, 6.45) is 1.52. The molecule has 112 valence electrons. The third-order valence-corrected chi connectivity index (χ3v) is 3.53. The van der Waals surface area contributed by atoms with Gasteiger partial charge in [-0.2, -0.15) is 5.10 Å². The lowest BCUT2D eigenvalue weighted by molar-refractivity contribution is 0.0951. The van der Waals surface area contributed by atoms with E-state index in [4.69, 9.17) is 5.84 Å². The van der Waals surface area contributed by atoms with Crippen LogP contribution in [0.1, 0.15) is 33.0 Å². The normalized spacial score (nSPS) is 10.5. The van der Waals surface area contributed by atoms with Crippen molar-refractivity contribution in [2.75, 3.05) is 5.43 Å². The molecule has 0 bridgehead atoms. The summed E-state index contributed by atoms with van der Waals surface area (Å²) in [6, 6.07) is 1.73. The van der Waals surface area contributed by atoms with E-state index in [0.717, 1.165) is 22.6 Å². The van der Waals surface area contributed by atoms with Crippen molar-refractivity contribution in [3.8, 4) is 0 Å². The highest BCUT2D eigenvalue weighted by Gasteiger charge is 2.14. The Morgan fingerprint density at radius 2 is 2.10 bits per heavy atom. The molecule has 0 aliphatic heterocycles. The Hall–Kier alpha value is -2.41. The molecule has 2 aromatic rings. The van der Waals surface area contributed by atoms with Gasteiger partial charge in [0.05, 0.1) is 16.9 Å². The highest BCUT2D eigenvalue weighted by atomic mass is 16.1. The minimum absolute atomic E-state index is 0.224. The number of nitrogens with zero attached hydrogens (tertiary/aromatic N) is 3. The average molecular weight is 288 g/mol. The quantitative estimate of drug-likeness (QED) is 0.575. The number of carbonyl (C=O) groups is 1. The largest absolute Gasteiger partial charge is 0.348 e. The lowest BCUT2D eigenvalue weighted by atomic mass is 10.1. The van der Waals surface area contributed by atoms with Crippen molar-refractivity contribution in [1.29, 1.82) is 0 Å². The molecule has 0 saturated carbocycles. The van der Waals surface area contributed by atoms with Gasteiger partial charge in [-0.05, 0) is 26.8 Å². The molecule has 0 unspecified atom stereocenters. The van der Waals surface area contributed by atoms with Crippen molar-refractivity contribution < 1.29 is 4.79 Å². The maximum Gasteiger partial charge on any atom is 0.255 e. The molecule has 2 heterocycles. The third-order valence-electron chi connectivity index (χ3n) is 3.53. The molecule has 4 N–H and O–H groups in total. The molecule has 0 atom stereocenters. The molecular formula is C14H20N6O. The third kappa shape index (κ3) is 3.03. The molecular weight excluding hydrogens is 268 g/mol. The summed E-state index contributed by atoms with van der Waals surface area (Å²) >= 11 is 0. The van der Waals surface area contributed by atoms with E-state index < -0.39 is 0 Å². The second-order valence-electron chi connectivity index (χ2n) is 4.97. The molecule has 21 heavy (non-hydrogen) atoms. The molecule has 2 aromatic heterocycles. The summed E-state index contributed by atoms with van der Waals surface area (Å²) in [7, 11) is 1.88. The van der Waals surface area contributed by atoms with Crippen molar-refractivity contribution >= 4 is 11.6 Å². The topological polar surface area (TPSA) is 97.9 Å². The van der Waals surface area contributed by atoms with Gasteiger partial charge in [-0.15, -0.1) is 0 Å². The standard InChI is InChI=1S/C14H20N6O/c1-8-5-13(18-15)12(7-16-8)14(21)17-6-11-9(2)19-20(4)10(11)3/h5,7H,6,15H2,1-4H3,(H,16,18)(H,17,21). The van der Waals surface area contributed by atoms with Gasteiger partial charge in [-0.25, -0.2) is 0 Å². The summed E-state index contributed by atoms with van der Waals surface area (Å²) in [5.74, 6) is 5.22. The Balaban J connectivity index is 2.15. The molecule has 7 heteroatoms. The Bertz CT molecular complexity index is 676. The van der Waals surface area contributed by atoms with Crippen LogP contribution in [0.4, 0.5) is 5.69 Å². The molecule has 0 aromatic carbocycles. The van der Waals surface area contributed by atoms with Crippen LogP contribution in [0.3, 0.4) is 0 Å². The molecule has 1 amide bonds. The van der Waals surface area contributed by atoms with Crippen LogP contribution in [0.15, 0.2) is 12.3 Å². The second-order valence-corrected chi connectivity index (χ2v) is 4.97. The Labute approximate surface area is 123 Å². The molecule has 0 aliphatic rings. The zero-order valence-corrected chi connectivity index (χ0v) is 12.7. The number of nitrogen functional groups attached to an aromatic ring is 1. The van der Waals surface area contributed by atoms with Gasteiger partial charge in [0.15, 0.2) is 0 Å². The van der Waals surface area contributed by atoms with Gasteiger partial charge in [0, 0.05) is 36.7 Å². The van der Waals surface area contributed by atoms with E-state index >= 15 is 0 Å². The summed E-state index contributed by atoms with van der Waals surface area (Å²) in [5.41, 5.74) is 7.26. The van der Waals surface area contributed by atoms with E-state index in [1.54, 1.807) is 10.7 Å². The van der Waals surface area contributed by atoms with E-state index in [9.17, 15) is 4.79 Å². The minimum Gasteiger partial charge on any atom is -0.348 e. The smallest absolute Gasteiger partial charge is 0.255 e. The first-order chi connectivity index (χ1) is 9.93. The van der Waals surface area contributed by atoms with Crippen LogP contribution < -0.4 is 16.6 Å². The zero-order valence-electron chi connectivity index (χ0n) is 12.7. The number of rotatable bonds is 4. The van der Waals surface area contributed by atoms with Crippen LogP contribution in [0.2, 0.25) is 0 Å². The van der Waals surface area contributed by atoms with E-state index in [1.807, 2.05) is 27.8 Å². The van der Waals surface area contributed by atoms with E-state index in [-0.39, 0.29) is 5.91 Å². The first-order valence-corrected chi connectivity index (χ1v) is 6.64. The predicted octanol–water partition coefficient (Wildman–Crippen LogP) is 0.956. The molecule has 7 nitrogen and oxygen atoms in total. The molecule has 0 radical (unpaired) electrons. The van der Waals surface area contributed by atoms with Gasteiger partial charge >= 0.3 is 0 Å². The van der Waals surface area contributed by atoms with Crippen molar-refractivity contribution in [3.63, 3.8) is 0 Å². The highest BCUT2D eigenvalue weighted by molar-refractivity contribution is 5.99. The van der Waals surface area contributed by atoms with Crippen LogP contribution in [-0.2, 0) is 13.6 Å². The van der Waals surface area contributed by atoms with Crippen LogP contribution >= 0.6 is 0 Å². The van der Waals surface area contributed by atoms with E-state index in [1.165, 1.54) is 6.20 Å². The number of nitrogens with one attached hydrogen (secondary N) is 2. The number of pyridine rings is 1. The lowest BCUT2D eigenvalue weighted by Gasteiger charge is -2.10. The summed E-state index contributed by atoms with van der Waals surface area (Å²) in [5, 5.41) is 7.20. The zero-order chi connectivity index (χ0) is 15.6. The number of anilines is 1. The molecule has 0 fully saturated rings. The second kappa shape index (κ2) is 5.92. The molecule has 0 aliphatic carbocycles.